The molecule has 5 heteroatoms. The molecule has 0 unspecified atom stereocenters. The Kier molecular flexibility index (Phi) is 6.13. The molecule has 1 amide bonds. The van der Waals surface area contributed by atoms with Crippen LogP contribution in [0.5, 0.6) is 5.75 Å². The van der Waals surface area contributed by atoms with Crippen LogP contribution in [-0.4, -0.2) is 12.5 Å². The Labute approximate surface area is 134 Å². The van der Waals surface area contributed by atoms with E-state index in [9.17, 15) is 9.18 Å². The first-order chi connectivity index (χ1) is 11.2. The predicted octanol–water partition coefficient (Wildman–Crippen LogP) is 3.69. The van der Waals surface area contributed by atoms with Gasteiger partial charge in [-0.2, -0.15) is 5.26 Å². The van der Waals surface area contributed by atoms with E-state index in [1.54, 1.807) is 24.3 Å². The standard InChI is InChI=1S/C18H17FN2O2/c19-15-5-9-17(10-6-15)23-13-1-2-18(22)21-16-7-3-14(4-8-16)11-12-20/h3-10H,1-2,11,13H2,(H,21,22). The summed E-state index contributed by atoms with van der Waals surface area (Å²) in [5, 5.41) is 11.4. The maximum absolute atomic E-state index is 12.7. The lowest BCUT2D eigenvalue weighted by atomic mass is 10.1. The van der Waals surface area contributed by atoms with Gasteiger partial charge in [-0.3, -0.25) is 4.79 Å². The maximum Gasteiger partial charge on any atom is 0.224 e. The Morgan fingerprint density at radius 3 is 2.48 bits per heavy atom. The molecule has 0 aromatic heterocycles. The van der Waals surface area contributed by atoms with Gasteiger partial charge < -0.3 is 10.1 Å². The van der Waals surface area contributed by atoms with Gasteiger partial charge in [-0.1, -0.05) is 12.1 Å². The third-order valence-corrected chi connectivity index (χ3v) is 3.15. The summed E-state index contributed by atoms with van der Waals surface area (Å²) in [5.74, 6) is 0.179. The van der Waals surface area contributed by atoms with Gasteiger partial charge in [-0.25, -0.2) is 4.39 Å². The molecule has 0 heterocycles. The van der Waals surface area contributed by atoms with E-state index in [1.165, 1.54) is 12.1 Å². The summed E-state index contributed by atoms with van der Waals surface area (Å²) in [4.78, 5) is 11.8. The number of benzene rings is 2. The Balaban J connectivity index is 1.68. The number of amides is 1. The van der Waals surface area contributed by atoms with Crippen LogP contribution in [0.3, 0.4) is 0 Å². The van der Waals surface area contributed by atoms with Gasteiger partial charge in [0.05, 0.1) is 19.1 Å². The number of hydrogen-bond acceptors (Lipinski definition) is 3. The first kappa shape index (κ1) is 16.5. The highest BCUT2D eigenvalue weighted by Gasteiger charge is 2.03. The molecule has 0 saturated heterocycles. The number of ether oxygens (including phenoxy) is 1. The minimum atomic E-state index is -0.308. The SMILES string of the molecule is N#CCc1ccc(NC(=O)CCCOc2ccc(F)cc2)cc1. The van der Waals surface area contributed by atoms with E-state index < -0.39 is 0 Å². The highest BCUT2D eigenvalue weighted by molar-refractivity contribution is 5.90. The third-order valence-electron chi connectivity index (χ3n) is 3.15. The van der Waals surface area contributed by atoms with Crippen LogP contribution >= 0.6 is 0 Å². The molecule has 23 heavy (non-hydrogen) atoms. The monoisotopic (exact) mass is 312 g/mol. The number of nitrogens with one attached hydrogen (secondary N) is 1. The van der Waals surface area contributed by atoms with Gasteiger partial charge in [0.1, 0.15) is 11.6 Å². The van der Waals surface area contributed by atoms with Crippen molar-refractivity contribution in [2.75, 3.05) is 11.9 Å². The van der Waals surface area contributed by atoms with Crippen molar-refractivity contribution in [1.82, 2.24) is 0 Å². The average Bonchev–Trinajstić information content (AvgIpc) is 2.55. The van der Waals surface area contributed by atoms with Crippen LogP contribution in [0.1, 0.15) is 18.4 Å². The lowest BCUT2D eigenvalue weighted by molar-refractivity contribution is -0.116. The van der Waals surface area contributed by atoms with Crippen LogP contribution in [0.2, 0.25) is 0 Å². The summed E-state index contributed by atoms with van der Waals surface area (Å²) < 4.78 is 18.2. The summed E-state index contributed by atoms with van der Waals surface area (Å²) in [6.45, 7) is 0.389. The lowest BCUT2D eigenvalue weighted by Crippen LogP contribution is -2.12. The molecule has 4 nitrogen and oxygen atoms in total. The van der Waals surface area contributed by atoms with Crippen LogP contribution in [-0.2, 0) is 11.2 Å². The van der Waals surface area contributed by atoms with E-state index >= 15 is 0 Å². The molecule has 118 valence electrons. The molecule has 2 aromatic rings. The number of carbonyl (C=O) groups is 1. The second-order valence-electron chi connectivity index (χ2n) is 4.99. The smallest absolute Gasteiger partial charge is 0.224 e. The molecular weight excluding hydrogens is 295 g/mol. The summed E-state index contributed by atoms with van der Waals surface area (Å²) in [5.41, 5.74) is 1.62. The lowest BCUT2D eigenvalue weighted by Gasteiger charge is -2.07. The molecule has 0 aliphatic heterocycles. The van der Waals surface area contributed by atoms with Gasteiger partial charge in [0.25, 0.3) is 0 Å². The van der Waals surface area contributed by atoms with Crippen molar-refractivity contribution < 1.29 is 13.9 Å². The fourth-order valence-corrected chi connectivity index (χ4v) is 1.97. The number of anilines is 1. The number of rotatable bonds is 7. The van der Waals surface area contributed by atoms with Crippen molar-refractivity contribution in [1.29, 1.82) is 5.26 Å². The second kappa shape index (κ2) is 8.54. The Morgan fingerprint density at radius 1 is 1.13 bits per heavy atom. The number of hydrogen-bond donors (Lipinski definition) is 1. The van der Waals surface area contributed by atoms with Gasteiger partial charge in [0.15, 0.2) is 0 Å². The average molecular weight is 312 g/mol. The molecule has 0 aliphatic carbocycles. The number of carbonyl (C=O) groups excluding carboxylic acids is 1. The molecule has 1 N–H and O–H groups in total. The first-order valence-electron chi connectivity index (χ1n) is 7.31. The van der Waals surface area contributed by atoms with Crippen molar-refractivity contribution in [3.63, 3.8) is 0 Å². The quantitative estimate of drug-likeness (QED) is 0.793. The van der Waals surface area contributed by atoms with Gasteiger partial charge >= 0.3 is 0 Å². The van der Waals surface area contributed by atoms with Crippen molar-refractivity contribution in [3.05, 3.63) is 59.9 Å². The zero-order valence-electron chi connectivity index (χ0n) is 12.6. The minimum absolute atomic E-state index is 0.0965. The number of halogens is 1. The van der Waals surface area contributed by atoms with Gasteiger partial charge in [-0.05, 0) is 48.4 Å². The maximum atomic E-state index is 12.7. The van der Waals surface area contributed by atoms with E-state index in [-0.39, 0.29) is 11.7 Å². The molecule has 0 saturated carbocycles. The normalized spacial score (nSPS) is 9.91. The second-order valence-corrected chi connectivity index (χ2v) is 4.99. The van der Waals surface area contributed by atoms with Crippen molar-refractivity contribution >= 4 is 11.6 Å². The fourth-order valence-electron chi connectivity index (χ4n) is 1.97. The van der Waals surface area contributed by atoms with Crippen LogP contribution in [0, 0.1) is 17.1 Å². The molecular formula is C18H17FN2O2. The topological polar surface area (TPSA) is 62.1 Å². The van der Waals surface area contributed by atoms with Crippen molar-refractivity contribution in [2.24, 2.45) is 0 Å². The molecule has 0 atom stereocenters. The Bertz CT molecular complexity index is 676. The molecule has 0 fully saturated rings. The molecule has 0 radical (unpaired) electrons. The summed E-state index contributed by atoms with van der Waals surface area (Å²) in [6, 6.07) is 15.0. The van der Waals surface area contributed by atoms with E-state index in [4.69, 9.17) is 10.00 Å². The van der Waals surface area contributed by atoms with Crippen LogP contribution < -0.4 is 10.1 Å². The van der Waals surface area contributed by atoms with Gasteiger partial charge in [0.2, 0.25) is 5.91 Å². The number of nitrogens with zero attached hydrogens (tertiary/aromatic N) is 1. The highest BCUT2D eigenvalue weighted by Crippen LogP contribution is 2.12. The first-order valence-corrected chi connectivity index (χ1v) is 7.31. The van der Waals surface area contributed by atoms with Crippen molar-refractivity contribution in [2.45, 2.75) is 19.3 Å². The Morgan fingerprint density at radius 2 is 1.83 bits per heavy atom. The number of nitriles is 1. The largest absolute Gasteiger partial charge is 0.494 e. The molecule has 2 aromatic carbocycles. The molecule has 0 aliphatic rings. The van der Waals surface area contributed by atoms with Crippen LogP contribution in [0.15, 0.2) is 48.5 Å². The zero-order chi connectivity index (χ0) is 16.5. The van der Waals surface area contributed by atoms with E-state index in [2.05, 4.69) is 11.4 Å². The van der Waals surface area contributed by atoms with E-state index in [1.807, 2.05) is 12.1 Å². The summed E-state index contributed by atoms with van der Waals surface area (Å²) >= 11 is 0. The van der Waals surface area contributed by atoms with Gasteiger partial charge in [0, 0.05) is 12.1 Å². The third kappa shape index (κ3) is 5.79. The minimum Gasteiger partial charge on any atom is -0.494 e. The summed E-state index contributed by atoms with van der Waals surface area (Å²) in [6.07, 6.45) is 1.26. The van der Waals surface area contributed by atoms with Crippen LogP contribution in [0.4, 0.5) is 10.1 Å². The van der Waals surface area contributed by atoms with Crippen molar-refractivity contribution in [3.8, 4) is 11.8 Å². The van der Waals surface area contributed by atoms with E-state index in [0.29, 0.717) is 37.3 Å². The van der Waals surface area contributed by atoms with Crippen LogP contribution in [0.25, 0.3) is 0 Å². The fraction of sp³-hybridized carbons (Fsp3) is 0.222. The van der Waals surface area contributed by atoms with E-state index in [0.717, 1.165) is 5.56 Å². The Hall–Kier alpha value is -2.87. The summed E-state index contributed by atoms with van der Waals surface area (Å²) in [7, 11) is 0. The molecule has 0 bridgehead atoms. The zero-order valence-corrected chi connectivity index (χ0v) is 12.6. The molecule has 0 spiro atoms. The highest BCUT2D eigenvalue weighted by atomic mass is 19.1. The van der Waals surface area contributed by atoms with Gasteiger partial charge in [-0.15, -0.1) is 0 Å². The predicted molar refractivity (Wildman–Crippen MR) is 85.5 cm³/mol. The molecule has 2 rings (SSSR count).